The van der Waals surface area contributed by atoms with Crippen LogP contribution in [-0.4, -0.2) is 5.91 Å². The van der Waals surface area contributed by atoms with Crippen molar-refractivity contribution in [3.63, 3.8) is 0 Å². The van der Waals surface area contributed by atoms with Crippen LogP contribution in [0.2, 0.25) is 0 Å². The van der Waals surface area contributed by atoms with Crippen LogP contribution < -0.4 is 5.32 Å². The highest BCUT2D eigenvalue weighted by Gasteiger charge is 2.10. The van der Waals surface area contributed by atoms with Crippen LogP contribution in [0.5, 0.6) is 0 Å². The Kier molecular flexibility index (Phi) is 4.56. The van der Waals surface area contributed by atoms with Crippen molar-refractivity contribution in [2.75, 3.05) is 0 Å². The Labute approximate surface area is 95.0 Å². The number of hydrogen-bond acceptors (Lipinski definition) is 2. The molecule has 1 atom stereocenters. The summed E-state index contributed by atoms with van der Waals surface area (Å²) in [6.07, 6.45) is 2.84. The molecule has 82 valence electrons. The van der Waals surface area contributed by atoms with Crippen molar-refractivity contribution in [2.45, 2.75) is 33.2 Å². The molecule has 0 unspecified atom stereocenters. The van der Waals surface area contributed by atoms with Gasteiger partial charge in [-0.2, -0.15) is 0 Å². The number of thiophene rings is 1. The Hall–Kier alpha value is -1.09. The van der Waals surface area contributed by atoms with Gasteiger partial charge in [-0.25, -0.2) is 0 Å². The van der Waals surface area contributed by atoms with Crippen LogP contribution in [0, 0.1) is 0 Å². The average Bonchev–Trinajstić information content (AvgIpc) is 2.70. The number of hydrogen-bond donors (Lipinski definition) is 1. The molecule has 1 rings (SSSR count). The van der Waals surface area contributed by atoms with E-state index in [0.29, 0.717) is 0 Å². The number of carbonyl (C=O) groups is 1. The predicted octanol–water partition coefficient (Wildman–Crippen LogP) is 3.28. The fourth-order valence-electron chi connectivity index (χ4n) is 1.32. The molecule has 1 heterocycles. The molecular weight excluding hydrogens is 206 g/mol. The molecule has 0 aliphatic rings. The van der Waals surface area contributed by atoms with Gasteiger partial charge in [0.25, 0.3) is 0 Å². The molecule has 1 amide bonds. The van der Waals surface area contributed by atoms with Gasteiger partial charge in [-0.15, -0.1) is 11.3 Å². The standard InChI is InChI=1S/C12H17NOS/c1-4-6-9(2)12(14)13-10(3)11-7-5-8-15-11/h5-8,10H,4H2,1-3H3,(H,13,14)/b9-6-/t10-/m1/s1. The van der Waals surface area contributed by atoms with Gasteiger partial charge in [-0.1, -0.05) is 19.1 Å². The minimum absolute atomic E-state index is 0.0257. The fourth-order valence-corrected chi connectivity index (χ4v) is 2.05. The van der Waals surface area contributed by atoms with E-state index in [4.69, 9.17) is 0 Å². The Morgan fingerprint density at radius 3 is 2.93 bits per heavy atom. The molecule has 0 saturated carbocycles. The molecule has 0 aliphatic heterocycles. The van der Waals surface area contributed by atoms with Crippen molar-refractivity contribution >= 4 is 17.2 Å². The first-order chi connectivity index (χ1) is 7.15. The summed E-state index contributed by atoms with van der Waals surface area (Å²) in [6, 6.07) is 4.13. The molecule has 1 aromatic rings. The zero-order valence-electron chi connectivity index (χ0n) is 9.41. The van der Waals surface area contributed by atoms with Crippen LogP contribution >= 0.6 is 11.3 Å². The molecule has 0 aromatic carbocycles. The van der Waals surface area contributed by atoms with Gasteiger partial charge in [0.15, 0.2) is 0 Å². The highest BCUT2D eigenvalue weighted by Crippen LogP contribution is 2.18. The second-order valence-electron chi connectivity index (χ2n) is 3.51. The molecular formula is C12H17NOS. The number of nitrogens with one attached hydrogen (secondary N) is 1. The van der Waals surface area contributed by atoms with Gasteiger partial charge in [0.2, 0.25) is 5.91 Å². The van der Waals surface area contributed by atoms with Gasteiger partial charge in [-0.3, -0.25) is 4.79 Å². The van der Waals surface area contributed by atoms with E-state index in [-0.39, 0.29) is 11.9 Å². The number of rotatable bonds is 4. The van der Waals surface area contributed by atoms with E-state index in [2.05, 4.69) is 5.32 Å². The second-order valence-corrected chi connectivity index (χ2v) is 4.49. The van der Waals surface area contributed by atoms with E-state index in [1.165, 1.54) is 4.88 Å². The van der Waals surface area contributed by atoms with Gasteiger partial charge >= 0.3 is 0 Å². The van der Waals surface area contributed by atoms with Crippen LogP contribution in [0.25, 0.3) is 0 Å². The summed E-state index contributed by atoms with van der Waals surface area (Å²) in [5, 5.41) is 4.99. The Bertz CT molecular complexity index is 341. The molecule has 2 nitrogen and oxygen atoms in total. The Balaban J connectivity index is 2.56. The van der Waals surface area contributed by atoms with Gasteiger partial charge in [0.1, 0.15) is 0 Å². The van der Waals surface area contributed by atoms with E-state index < -0.39 is 0 Å². The maximum absolute atomic E-state index is 11.7. The quantitative estimate of drug-likeness (QED) is 0.780. The summed E-state index contributed by atoms with van der Waals surface area (Å²) in [5.74, 6) is 0.0257. The highest BCUT2D eigenvalue weighted by atomic mass is 32.1. The van der Waals surface area contributed by atoms with E-state index in [0.717, 1.165) is 12.0 Å². The van der Waals surface area contributed by atoms with Gasteiger partial charge in [0.05, 0.1) is 6.04 Å². The molecule has 0 saturated heterocycles. The average molecular weight is 223 g/mol. The monoisotopic (exact) mass is 223 g/mol. The van der Waals surface area contributed by atoms with Gasteiger partial charge < -0.3 is 5.32 Å². The lowest BCUT2D eigenvalue weighted by Gasteiger charge is -2.12. The van der Waals surface area contributed by atoms with Crippen LogP contribution in [0.1, 0.15) is 38.1 Å². The third kappa shape index (κ3) is 3.51. The van der Waals surface area contributed by atoms with E-state index in [1.54, 1.807) is 11.3 Å². The molecule has 0 aliphatic carbocycles. The van der Waals surface area contributed by atoms with Gasteiger partial charge in [0, 0.05) is 10.5 Å². The maximum Gasteiger partial charge on any atom is 0.247 e. The lowest BCUT2D eigenvalue weighted by Crippen LogP contribution is -2.26. The lowest BCUT2D eigenvalue weighted by atomic mass is 10.2. The Morgan fingerprint density at radius 1 is 1.67 bits per heavy atom. The van der Waals surface area contributed by atoms with Crippen LogP contribution in [0.3, 0.4) is 0 Å². The zero-order chi connectivity index (χ0) is 11.3. The van der Waals surface area contributed by atoms with Crippen molar-refractivity contribution in [1.82, 2.24) is 5.32 Å². The summed E-state index contributed by atoms with van der Waals surface area (Å²) in [5.41, 5.74) is 0.793. The molecule has 0 fully saturated rings. The molecule has 0 radical (unpaired) electrons. The fraction of sp³-hybridized carbons (Fsp3) is 0.417. The summed E-state index contributed by atoms with van der Waals surface area (Å²) >= 11 is 1.66. The number of carbonyl (C=O) groups excluding carboxylic acids is 1. The second kappa shape index (κ2) is 5.71. The molecule has 1 aromatic heterocycles. The van der Waals surface area contributed by atoms with Crippen LogP contribution in [0.4, 0.5) is 0 Å². The largest absolute Gasteiger partial charge is 0.345 e. The molecule has 3 heteroatoms. The van der Waals surface area contributed by atoms with Crippen molar-refractivity contribution < 1.29 is 4.79 Å². The molecule has 1 N–H and O–H groups in total. The van der Waals surface area contributed by atoms with Crippen molar-refractivity contribution in [1.29, 1.82) is 0 Å². The van der Waals surface area contributed by atoms with Gasteiger partial charge in [-0.05, 0) is 31.7 Å². The first-order valence-corrected chi connectivity index (χ1v) is 6.04. The third-order valence-electron chi connectivity index (χ3n) is 2.19. The Morgan fingerprint density at radius 2 is 2.40 bits per heavy atom. The first-order valence-electron chi connectivity index (χ1n) is 5.16. The number of amides is 1. The van der Waals surface area contributed by atoms with E-state index in [9.17, 15) is 4.79 Å². The normalized spacial score (nSPS) is 13.7. The van der Waals surface area contributed by atoms with Crippen molar-refractivity contribution in [2.24, 2.45) is 0 Å². The molecule has 15 heavy (non-hydrogen) atoms. The summed E-state index contributed by atoms with van der Waals surface area (Å²) in [4.78, 5) is 12.9. The van der Waals surface area contributed by atoms with Crippen molar-refractivity contribution in [3.8, 4) is 0 Å². The van der Waals surface area contributed by atoms with Crippen molar-refractivity contribution in [3.05, 3.63) is 34.0 Å². The third-order valence-corrected chi connectivity index (χ3v) is 3.24. The molecule has 0 spiro atoms. The predicted molar refractivity (Wildman–Crippen MR) is 64.9 cm³/mol. The lowest BCUT2D eigenvalue weighted by molar-refractivity contribution is -0.118. The SMILES string of the molecule is CC/C=C(/C)C(=O)N[C@H](C)c1cccs1. The zero-order valence-corrected chi connectivity index (χ0v) is 10.2. The van der Waals surface area contributed by atoms with E-state index >= 15 is 0 Å². The van der Waals surface area contributed by atoms with Crippen LogP contribution in [0.15, 0.2) is 29.2 Å². The topological polar surface area (TPSA) is 29.1 Å². The minimum atomic E-state index is 0.0257. The number of allylic oxidation sites excluding steroid dienone is 1. The maximum atomic E-state index is 11.7. The minimum Gasteiger partial charge on any atom is -0.345 e. The summed E-state index contributed by atoms with van der Waals surface area (Å²) in [7, 11) is 0. The first kappa shape index (κ1) is 12.0. The van der Waals surface area contributed by atoms with E-state index in [1.807, 2.05) is 44.4 Å². The smallest absolute Gasteiger partial charge is 0.247 e. The summed E-state index contributed by atoms with van der Waals surface area (Å²) < 4.78 is 0. The van der Waals surface area contributed by atoms with Crippen LogP contribution in [-0.2, 0) is 4.79 Å². The summed E-state index contributed by atoms with van der Waals surface area (Å²) in [6.45, 7) is 5.88. The molecule has 0 bridgehead atoms. The highest BCUT2D eigenvalue weighted by molar-refractivity contribution is 7.10.